The lowest BCUT2D eigenvalue weighted by Crippen LogP contribution is -2.32. The fourth-order valence-electron chi connectivity index (χ4n) is 2.92. The number of aromatic nitrogens is 3. The Bertz CT molecular complexity index is 1340. The third-order valence-corrected chi connectivity index (χ3v) is 5.93. The minimum absolute atomic E-state index is 0.0317. The van der Waals surface area contributed by atoms with Crippen molar-refractivity contribution < 1.29 is 18.0 Å². The monoisotopic (exact) mass is 467 g/mol. The average molecular weight is 468 g/mol. The number of aromatic amines is 1. The van der Waals surface area contributed by atoms with Gasteiger partial charge >= 0.3 is 0 Å². The number of carbonyl (C=O) groups excluding carboxylic acids is 2. The molecule has 4 aromatic rings. The van der Waals surface area contributed by atoms with Crippen LogP contribution in [0, 0.1) is 0 Å². The van der Waals surface area contributed by atoms with Crippen LogP contribution in [0.2, 0.25) is 0 Å². The molecule has 3 N–H and O–H groups in total. The summed E-state index contributed by atoms with van der Waals surface area (Å²) in [6, 6.07) is 13.4. The maximum absolute atomic E-state index is 12.2. The second-order valence-corrected chi connectivity index (χ2v) is 8.53. The van der Waals surface area contributed by atoms with Crippen molar-refractivity contribution in [2.45, 2.75) is 4.90 Å². The summed E-state index contributed by atoms with van der Waals surface area (Å²) in [5.74, 6) is -0.993. The summed E-state index contributed by atoms with van der Waals surface area (Å²) >= 11 is 1.27. The molecule has 32 heavy (non-hydrogen) atoms. The van der Waals surface area contributed by atoms with Crippen LogP contribution in [0.4, 0.5) is 5.13 Å². The standard InChI is InChI=1S/C21H17N5O4S2/c27-19(11-22-20(28)15-5-2-6-17(8-15)32(29)30)26-21-25-18(12-31-21)14-4-1-3-13(7-14)16-9-23-24-10-16/h1-10,12,32H,11H2,(H,22,28)(H,23,24)(H,25,26,27). The smallest absolute Gasteiger partial charge is 0.251 e. The van der Waals surface area contributed by atoms with Crippen molar-refractivity contribution in [1.82, 2.24) is 20.5 Å². The third-order valence-electron chi connectivity index (χ3n) is 4.47. The number of anilines is 1. The molecule has 2 amide bonds. The Morgan fingerprint density at radius 2 is 1.84 bits per heavy atom. The van der Waals surface area contributed by atoms with Crippen LogP contribution in [0.15, 0.2) is 71.2 Å². The molecule has 0 bridgehead atoms. The van der Waals surface area contributed by atoms with E-state index >= 15 is 0 Å². The number of thiol groups is 1. The Morgan fingerprint density at radius 1 is 1.03 bits per heavy atom. The number of amides is 2. The molecular formula is C21H17N5O4S2. The van der Waals surface area contributed by atoms with E-state index < -0.39 is 22.5 Å². The van der Waals surface area contributed by atoms with Gasteiger partial charge in [-0.15, -0.1) is 11.3 Å². The molecule has 0 spiro atoms. The number of hydrogen-bond acceptors (Lipinski definition) is 7. The molecule has 11 heteroatoms. The number of carbonyl (C=O) groups is 2. The van der Waals surface area contributed by atoms with E-state index in [9.17, 15) is 18.0 Å². The van der Waals surface area contributed by atoms with Crippen molar-refractivity contribution in [2.75, 3.05) is 11.9 Å². The first kappa shape index (κ1) is 21.4. The largest absolute Gasteiger partial charge is 0.343 e. The highest BCUT2D eigenvalue weighted by Crippen LogP contribution is 2.28. The first-order chi connectivity index (χ1) is 15.5. The van der Waals surface area contributed by atoms with Crippen molar-refractivity contribution in [1.29, 1.82) is 0 Å². The molecule has 4 rings (SSSR count). The number of nitrogens with zero attached hydrogens (tertiary/aromatic N) is 2. The van der Waals surface area contributed by atoms with Crippen LogP contribution in [0.3, 0.4) is 0 Å². The summed E-state index contributed by atoms with van der Waals surface area (Å²) in [6.45, 7) is -0.280. The summed E-state index contributed by atoms with van der Waals surface area (Å²) in [7, 11) is -2.79. The summed E-state index contributed by atoms with van der Waals surface area (Å²) in [6.07, 6.45) is 3.54. The van der Waals surface area contributed by atoms with E-state index in [1.165, 1.54) is 35.6 Å². The van der Waals surface area contributed by atoms with Gasteiger partial charge in [-0.05, 0) is 29.8 Å². The number of nitrogens with one attached hydrogen (secondary N) is 3. The zero-order chi connectivity index (χ0) is 22.5. The molecule has 0 radical (unpaired) electrons. The molecule has 2 aromatic heterocycles. The van der Waals surface area contributed by atoms with Crippen LogP contribution in [0.1, 0.15) is 10.4 Å². The maximum atomic E-state index is 12.2. The number of rotatable bonds is 7. The van der Waals surface area contributed by atoms with Crippen LogP contribution in [0.25, 0.3) is 22.4 Å². The van der Waals surface area contributed by atoms with E-state index in [0.29, 0.717) is 10.8 Å². The molecule has 0 aliphatic carbocycles. The van der Waals surface area contributed by atoms with Gasteiger partial charge in [-0.1, -0.05) is 24.3 Å². The van der Waals surface area contributed by atoms with Gasteiger partial charge in [0.15, 0.2) is 15.8 Å². The summed E-state index contributed by atoms with van der Waals surface area (Å²) < 4.78 is 22.1. The molecule has 0 atom stereocenters. The van der Waals surface area contributed by atoms with E-state index in [4.69, 9.17) is 0 Å². The molecule has 0 saturated carbocycles. The van der Waals surface area contributed by atoms with Gasteiger partial charge < -0.3 is 10.6 Å². The van der Waals surface area contributed by atoms with Gasteiger partial charge in [0.25, 0.3) is 5.91 Å². The van der Waals surface area contributed by atoms with Gasteiger partial charge in [0.1, 0.15) is 0 Å². The number of H-pyrrole nitrogens is 1. The van der Waals surface area contributed by atoms with Crippen molar-refractivity contribution in [3.8, 4) is 22.4 Å². The molecule has 0 saturated heterocycles. The van der Waals surface area contributed by atoms with E-state index in [1.54, 1.807) is 12.4 Å². The van der Waals surface area contributed by atoms with Crippen LogP contribution in [0.5, 0.6) is 0 Å². The summed E-state index contributed by atoms with van der Waals surface area (Å²) in [4.78, 5) is 28.9. The van der Waals surface area contributed by atoms with E-state index in [2.05, 4.69) is 25.8 Å². The SMILES string of the molecule is O=C(CNC(=O)c1cccc([SH](=O)=O)c1)Nc1nc(-c2cccc(-c3cn[nH]c3)c2)cs1. The molecule has 2 aromatic carbocycles. The lowest BCUT2D eigenvalue weighted by atomic mass is 10.1. The Balaban J connectivity index is 1.37. The van der Waals surface area contributed by atoms with Crippen LogP contribution < -0.4 is 10.6 Å². The van der Waals surface area contributed by atoms with Gasteiger partial charge in [-0.25, -0.2) is 13.4 Å². The normalized spacial score (nSPS) is 10.8. The first-order valence-electron chi connectivity index (χ1n) is 9.37. The fourth-order valence-corrected chi connectivity index (χ4v) is 4.11. The zero-order valence-corrected chi connectivity index (χ0v) is 18.2. The molecule has 9 nitrogen and oxygen atoms in total. The second kappa shape index (κ2) is 9.54. The van der Waals surface area contributed by atoms with Gasteiger partial charge in [0.05, 0.1) is 23.3 Å². The molecule has 2 heterocycles. The molecule has 162 valence electrons. The molecule has 0 aliphatic heterocycles. The lowest BCUT2D eigenvalue weighted by molar-refractivity contribution is -0.115. The predicted molar refractivity (Wildman–Crippen MR) is 121 cm³/mol. The number of thiazole rings is 1. The zero-order valence-electron chi connectivity index (χ0n) is 16.4. The first-order valence-corrected chi connectivity index (χ1v) is 11.4. The molecule has 0 unspecified atom stereocenters. The van der Waals surface area contributed by atoms with Gasteiger partial charge in [-0.2, -0.15) is 5.10 Å². The summed E-state index contributed by atoms with van der Waals surface area (Å²) in [5.41, 5.74) is 3.71. The molecular weight excluding hydrogens is 450 g/mol. The van der Waals surface area contributed by atoms with Crippen molar-refractivity contribution in [3.05, 3.63) is 71.9 Å². The van der Waals surface area contributed by atoms with E-state index in [1.807, 2.05) is 29.6 Å². The highest BCUT2D eigenvalue weighted by Gasteiger charge is 2.12. The predicted octanol–water partition coefficient (Wildman–Crippen LogP) is 2.54. The van der Waals surface area contributed by atoms with Crippen molar-refractivity contribution in [3.63, 3.8) is 0 Å². The minimum Gasteiger partial charge on any atom is -0.343 e. The van der Waals surface area contributed by atoms with Crippen molar-refractivity contribution in [2.24, 2.45) is 0 Å². The minimum atomic E-state index is -2.79. The van der Waals surface area contributed by atoms with Crippen LogP contribution in [-0.2, 0) is 15.5 Å². The Hall–Kier alpha value is -3.83. The second-order valence-electron chi connectivity index (χ2n) is 6.64. The quantitative estimate of drug-likeness (QED) is 0.309. The van der Waals surface area contributed by atoms with Crippen molar-refractivity contribution >= 4 is 39.0 Å². The van der Waals surface area contributed by atoms with E-state index in [-0.39, 0.29) is 17.0 Å². The van der Waals surface area contributed by atoms with Gasteiger partial charge in [0.2, 0.25) is 5.91 Å². The Morgan fingerprint density at radius 3 is 2.62 bits per heavy atom. The average Bonchev–Trinajstić information content (AvgIpc) is 3.50. The van der Waals surface area contributed by atoms with Gasteiger partial charge in [-0.3, -0.25) is 14.7 Å². The van der Waals surface area contributed by atoms with E-state index in [0.717, 1.165) is 16.7 Å². The maximum Gasteiger partial charge on any atom is 0.251 e. The lowest BCUT2D eigenvalue weighted by Gasteiger charge is -2.05. The number of benzene rings is 2. The van der Waals surface area contributed by atoms with Gasteiger partial charge in [0, 0.05) is 28.3 Å². The van der Waals surface area contributed by atoms with Crippen LogP contribution >= 0.6 is 11.3 Å². The Kier molecular flexibility index (Phi) is 6.38. The highest BCUT2D eigenvalue weighted by atomic mass is 32.2. The number of hydrogen-bond donors (Lipinski definition) is 4. The summed E-state index contributed by atoms with van der Waals surface area (Å²) in [5, 5.41) is 14.1. The fraction of sp³-hybridized carbons (Fsp3) is 0.0476. The molecule has 0 fully saturated rings. The third kappa shape index (κ3) is 5.07. The topological polar surface area (TPSA) is 134 Å². The molecule has 0 aliphatic rings. The van der Waals surface area contributed by atoms with Crippen LogP contribution in [-0.4, -0.2) is 42.0 Å². The highest BCUT2D eigenvalue weighted by molar-refractivity contribution is 7.72. The Labute approximate surface area is 188 Å².